The van der Waals surface area contributed by atoms with E-state index < -0.39 is 56.0 Å². The molecule has 0 spiro atoms. The molecule has 0 radical (unpaired) electrons. The van der Waals surface area contributed by atoms with Crippen molar-refractivity contribution >= 4 is 17.9 Å². The summed E-state index contributed by atoms with van der Waals surface area (Å²) in [4.78, 5) is 38.7. The van der Waals surface area contributed by atoms with E-state index in [9.17, 15) is 39.9 Å². The van der Waals surface area contributed by atoms with Crippen LogP contribution in [-0.2, 0) is 18.9 Å². The summed E-state index contributed by atoms with van der Waals surface area (Å²) in [6.45, 7) is -2.05. The zero-order valence-electron chi connectivity index (χ0n) is 23.7. The normalized spacial score (nSPS) is 11.8. The van der Waals surface area contributed by atoms with Gasteiger partial charge < -0.3 is 44.5 Å². The number of rotatable bonds is 13. The Bertz CT molecular complexity index is 1430. The molecule has 0 aliphatic rings. The maximum atomic E-state index is 12.9. The number of carbonyl (C=O) groups excluding carboxylic acids is 3. The minimum absolute atomic E-state index is 0.0382. The topological polar surface area (TPSA) is 189 Å². The van der Waals surface area contributed by atoms with Crippen LogP contribution in [-0.4, -0.2) is 69.9 Å². The van der Waals surface area contributed by atoms with Crippen LogP contribution in [0.15, 0.2) is 97.1 Å². The highest BCUT2D eigenvalue weighted by molar-refractivity contribution is 5.90. The Balaban J connectivity index is 1.60. The van der Waals surface area contributed by atoms with E-state index in [-0.39, 0.29) is 45.3 Å². The summed E-state index contributed by atoms with van der Waals surface area (Å²) in [5.74, 6) is -2.68. The molecule has 0 amide bonds. The van der Waals surface area contributed by atoms with E-state index >= 15 is 0 Å². The molecule has 0 aliphatic heterocycles. The third-order valence-corrected chi connectivity index (χ3v) is 6.56. The van der Waals surface area contributed by atoms with Crippen molar-refractivity contribution in [2.24, 2.45) is 5.41 Å². The lowest BCUT2D eigenvalue weighted by Crippen LogP contribution is -2.43. The molecule has 0 bridgehead atoms. The van der Waals surface area contributed by atoms with Crippen LogP contribution in [0, 0.1) is 5.41 Å². The van der Waals surface area contributed by atoms with Crippen molar-refractivity contribution in [2.75, 3.05) is 26.4 Å². The molecule has 0 aliphatic carbocycles. The first-order chi connectivity index (χ1) is 21.5. The van der Waals surface area contributed by atoms with E-state index in [2.05, 4.69) is 0 Å². The van der Waals surface area contributed by atoms with Gasteiger partial charge in [-0.25, -0.2) is 14.4 Å². The largest absolute Gasteiger partial charge is 0.508 e. The molecule has 5 N–H and O–H groups in total. The molecule has 0 saturated carbocycles. The van der Waals surface area contributed by atoms with E-state index in [1.807, 2.05) is 0 Å². The Hall–Kier alpha value is -5.59. The molecular weight excluding hydrogens is 588 g/mol. The summed E-state index contributed by atoms with van der Waals surface area (Å²) in [5.41, 5.74) is -1.04. The van der Waals surface area contributed by atoms with E-state index in [1.54, 1.807) is 0 Å². The fourth-order valence-electron chi connectivity index (χ4n) is 3.94. The smallest absolute Gasteiger partial charge is 0.338 e. The molecular formula is C33H30O12. The second-order valence-electron chi connectivity index (χ2n) is 10.1. The van der Waals surface area contributed by atoms with E-state index in [0.717, 1.165) is 0 Å². The Kier molecular flexibility index (Phi) is 10.6. The molecule has 4 aromatic carbocycles. The van der Waals surface area contributed by atoms with Gasteiger partial charge in [-0.15, -0.1) is 0 Å². The van der Waals surface area contributed by atoms with Crippen molar-refractivity contribution in [3.05, 3.63) is 119 Å². The zero-order chi connectivity index (χ0) is 32.4. The first-order valence-corrected chi connectivity index (χ1v) is 13.5. The van der Waals surface area contributed by atoms with Crippen LogP contribution >= 0.6 is 0 Å². The van der Waals surface area contributed by atoms with Gasteiger partial charge in [-0.05, 0) is 84.9 Å². The van der Waals surface area contributed by atoms with Crippen LogP contribution in [0.2, 0.25) is 0 Å². The van der Waals surface area contributed by atoms with Gasteiger partial charge in [0.1, 0.15) is 42.8 Å². The highest BCUT2D eigenvalue weighted by Crippen LogP contribution is 2.27. The average Bonchev–Trinajstić information content (AvgIpc) is 3.04. The summed E-state index contributed by atoms with van der Waals surface area (Å²) >= 11 is 0. The molecule has 0 heterocycles. The molecule has 1 atom stereocenters. The Morgan fingerprint density at radius 1 is 0.489 bits per heavy atom. The molecule has 0 saturated heterocycles. The fourth-order valence-corrected chi connectivity index (χ4v) is 3.94. The molecule has 45 heavy (non-hydrogen) atoms. The van der Waals surface area contributed by atoms with Gasteiger partial charge in [-0.3, -0.25) is 0 Å². The maximum absolute atomic E-state index is 12.9. The summed E-state index contributed by atoms with van der Waals surface area (Å²) in [5, 5.41) is 49.0. The number of ether oxygens (including phenoxy) is 4. The van der Waals surface area contributed by atoms with Crippen LogP contribution in [0.4, 0.5) is 0 Å². The minimum Gasteiger partial charge on any atom is -0.508 e. The third kappa shape index (κ3) is 9.20. The van der Waals surface area contributed by atoms with Crippen molar-refractivity contribution in [1.82, 2.24) is 0 Å². The molecule has 1 unspecified atom stereocenters. The van der Waals surface area contributed by atoms with Crippen LogP contribution in [0.25, 0.3) is 0 Å². The van der Waals surface area contributed by atoms with E-state index in [0.29, 0.717) is 0 Å². The van der Waals surface area contributed by atoms with Crippen molar-refractivity contribution in [2.45, 2.75) is 6.29 Å². The maximum Gasteiger partial charge on any atom is 0.338 e. The zero-order valence-corrected chi connectivity index (χ0v) is 23.7. The highest BCUT2D eigenvalue weighted by atomic mass is 16.6. The summed E-state index contributed by atoms with van der Waals surface area (Å²) in [6.07, 6.45) is -1.54. The number of phenolic OH excluding ortho intramolecular Hbond substituents is 4. The van der Waals surface area contributed by atoms with Crippen LogP contribution < -0.4 is 0 Å². The van der Waals surface area contributed by atoms with Gasteiger partial charge in [-0.1, -0.05) is 12.1 Å². The number of carbonyl (C=O) groups is 3. The van der Waals surface area contributed by atoms with Crippen molar-refractivity contribution in [3.63, 3.8) is 0 Å². The first-order valence-electron chi connectivity index (χ1n) is 13.5. The molecule has 4 rings (SSSR count). The molecule has 12 nitrogen and oxygen atoms in total. The number of phenols is 4. The standard InChI is InChI=1S/C33H30O12/c34-25-9-1-21(2-10-25)29(38)42-17-33(18-43-30(39)22-3-11-26(35)12-4-22,19-44-31(40)23-5-13-27(36)14-6-23)20-45-32(41)24-7-15-28(37)16-8-24/h1-16,29,34-38H,17-20H2. The number of hydrogen-bond donors (Lipinski definition) is 5. The van der Waals surface area contributed by atoms with Gasteiger partial charge in [0.25, 0.3) is 0 Å². The average molecular weight is 619 g/mol. The number of esters is 3. The summed E-state index contributed by atoms with van der Waals surface area (Å²) in [7, 11) is 0. The predicted octanol–water partition coefficient (Wildman–Crippen LogP) is 4.07. The lowest BCUT2D eigenvalue weighted by atomic mass is 9.92. The van der Waals surface area contributed by atoms with Crippen molar-refractivity contribution in [3.8, 4) is 23.0 Å². The Morgan fingerprint density at radius 3 is 1.09 bits per heavy atom. The number of aromatic hydroxyl groups is 4. The monoisotopic (exact) mass is 618 g/mol. The van der Waals surface area contributed by atoms with E-state index in [4.69, 9.17) is 18.9 Å². The summed E-state index contributed by atoms with van der Waals surface area (Å²) < 4.78 is 22.3. The number of aliphatic hydroxyl groups is 1. The van der Waals surface area contributed by atoms with E-state index in [1.165, 1.54) is 97.1 Å². The lowest BCUT2D eigenvalue weighted by molar-refractivity contribution is -0.154. The van der Waals surface area contributed by atoms with Crippen LogP contribution in [0.5, 0.6) is 23.0 Å². The van der Waals surface area contributed by atoms with Crippen LogP contribution in [0.1, 0.15) is 42.9 Å². The van der Waals surface area contributed by atoms with Crippen molar-refractivity contribution < 1.29 is 58.9 Å². The second-order valence-corrected chi connectivity index (χ2v) is 10.1. The van der Waals surface area contributed by atoms with Gasteiger partial charge in [0, 0.05) is 5.56 Å². The number of benzene rings is 4. The predicted molar refractivity (Wildman–Crippen MR) is 157 cm³/mol. The third-order valence-electron chi connectivity index (χ3n) is 6.56. The van der Waals surface area contributed by atoms with Gasteiger partial charge in [0.15, 0.2) is 6.29 Å². The second kappa shape index (κ2) is 14.7. The molecule has 12 heteroatoms. The van der Waals surface area contributed by atoms with Gasteiger partial charge >= 0.3 is 17.9 Å². The highest BCUT2D eigenvalue weighted by Gasteiger charge is 2.38. The van der Waals surface area contributed by atoms with Gasteiger partial charge in [0.2, 0.25) is 0 Å². The Morgan fingerprint density at radius 2 is 0.778 bits per heavy atom. The molecule has 0 fully saturated rings. The van der Waals surface area contributed by atoms with Gasteiger partial charge in [0.05, 0.1) is 28.7 Å². The minimum atomic E-state index is -1.58. The van der Waals surface area contributed by atoms with Crippen LogP contribution in [0.3, 0.4) is 0 Å². The molecule has 234 valence electrons. The van der Waals surface area contributed by atoms with Gasteiger partial charge in [-0.2, -0.15) is 0 Å². The SMILES string of the molecule is O=C(OCC(COC(=O)c1ccc(O)cc1)(COC(=O)c1ccc(O)cc1)COC(O)c1ccc(O)cc1)c1ccc(O)cc1. The lowest BCUT2D eigenvalue weighted by Gasteiger charge is -2.32. The molecule has 4 aromatic rings. The fraction of sp³-hybridized carbons (Fsp3) is 0.182. The number of hydrogen-bond acceptors (Lipinski definition) is 12. The number of aliphatic hydroxyl groups excluding tert-OH is 1. The summed E-state index contributed by atoms with van der Waals surface area (Å²) in [6, 6.07) is 21.3. The first kappa shape index (κ1) is 32.3. The quantitative estimate of drug-likeness (QED) is 0.0822. The van der Waals surface area contributed by atoms with Crippen molar-refractivity contribution in [1.29, 1.82) is 0 Å². The molecule has 0 aromatic heterocycles. The Labute approximate surface area is 257 Å².